The zero-order valence-electron chi connectivity index (χ0n) is 13.5. The van der Waals surface area contributed by atoms with Crippen molar-refractivity contribution in [2.24, 2.45) is 0 Å². The number of hydrogen-bond acceptors (Lipinski definition) is 2. The van der Waals surface area contributed by atoms with Crippen molar-refractivity contribution in [3.8, 4) is 5.69 Å². The molecule has 1 N–H and O–H groups in total. The summed E-state index contributed by atoms with van der Waals surface area (Å²) in [4.78, 5) is 0. The fourth-order valence-electron chi connectivity index (χ4n) is 2.91. The summed E-state index contributed by atoms with van der Waals surface area (Å²) in [5.41, 5.74) is 5.84. The van der Waals surface area contributed by atoms with Gasteiger partial charge in [-0.15, -0.1) is 0 Å². The molecular weight excluding hydrogens is 296 g/mol. The summed E-state index contributed by atoms with van der Waals surface area (Å²) in [7, 11) is 0. The van der Waals surface area contributed by atoms with Gasteiger partial charge in [0.15, 0.2) is 0 Å². The van der Waals surface area contributed by atoms with Gasteiger partial charge in [0.25, 0.3) is 0 Å². The van der Waals surface area contributed by atoms with Gasteiger partial charge in [-0.05, 0) is 53.5 Å². The van der Waals surface area contributed by atoms with E-state index in [-0.39, 0.29) is 0 Å². The van der Waals surface area contributed by atoms with Gasteiger partial charge >= 0.3 is 0 Å². The number of aromatic amines is 1. The van der Waals surface area contributed by atoms with Crippen molar-refractivity contribution in [1.82, 2.24) is 20.0 Å². The third-order valence-electron chi connectivity index (χ3n) is 4.17. The van der Waals surface area contributed by atoms with Crippen LogP contribution >= 0.6 is 0 Å². The van der Waals surface area contributed by atoms with E-state index in [2.05, 4.69) is 70.8 Å². The first-order valence-corrected chi connectivity index (χ1v) is 8.07. The second-order valence-corrected chi connectivity index (χ2v) is 5.74. The van der Waals surface area contributed by atoms with Crippen molar-refractivity contribution in [2.75, 3.05) is 0 Å². The van der Waals surface area contributed by atoms with Gasteiger partial charge in [-0.3, -0.25) is 5.10 Å². The van der Waals surface area contributed by atoms with Crippen LogP contribution in [0, 0.1) is 0 Å². The van der Waals surface area contributed by atoms with Crippen molar-refractivity contribution in [1.29, 1.82) is 0 Å². The highest BCUT2D eigenvalue weighted by atomic mass is 15.3. The van der Waals surface area contributed by atoms with Gasteiger partial charge in [0, 0.05) is 17.8 Å². The Balaban J connectivity index is 1.73. The predicted molar refractivity (Wildman–Crippen MR) is 97.8 cm³/mol. The monoisotopic (exact) mass is 314 g/mol. The Morgan fingerprint density at radius 1 is 1.17 bits per heavy atom. The summed E-state index contributed by atoms with van der Waals surface area (Å²) >= 11 is 0. The normalized spacial score (nSPS) is 12.0. The highest BCUT2D eigenvalue weighted by molar-refractivity contribution is 5.86. The number of allylic oxidation sites excluding steroid dienone is 1. The zero-order chi connectivity index (χ0) is 16.4. The van der Waals surface area contributed by atoms with E-state index in [1.807, 2.05) is 23.1 Å². The topological polar surface area (TPSA) is 46.5 Å². The van der Waals surface area contributed by atoms with Crippen molar-refractivity contribution < 1.29 is 0 Å². The summed E-state index contributed by atoms with van der Waals surface area (Å²) in [6.45, 7) is 2.18. The first-order chi connectivity index (χ1) is 11.8. The highest BCUT2D eigenvalue weighted by Crippen LogP contribution is 2.24. The molecule has 0 aliphatic heterocycles. The van der Waals surface area contributed by atoms with Crippen molar-refractivity contribution in [3.05, 3.63) is 78.2 Å². The van der Waals surface area contributed by atoms with Crippen LogP contribution in [0.4, 0.5) is 0 Å². The van der Waals surface area contributed by atoms with E-state index in [0.717, 1.165) is 23.0 Å². The minimum atomic E-state index is 0.964. The summed E-state index contributed by atoms with van der Waals surface area (Å²) in [5, 5.41) is 12.5. The van der Waals surface area contributed by atoms with E-state index in [4.69, 9.17) is 0 Å². The van der Waals surface area contributed by atoms with E-state index < -0.39 is 0 Å². The standard InChI is InChI=1S/C20H18N4/c1-2-16(11-15-7-8-20-18(12-15)14-21-23-20)17-5-3-6-19(13-17)24-10-4-9-22-24/h3-14H,2H2,1H3,(H,21,23)/b16-11+. The second-order valence-electron chi connectivity index (χ2n) is 5.74. The van der Waals surface area contributed by atoms with Crippen LogP contribution in [0.15, 0.2) is 67.1 Å². The number of nitrogens with one attached hydrogen (secondary N) is 1. The largest absolute Gasteiger partial charge is 0.278 e. The molecule has 24 heavy (non-hydrogen) atoms. The lowest BCUT2D eigenvalue weighted by atomic mass is 9.99. The van der Waals surface area contributed by atoms with Crippen LogP contribution in [0.25, 0.3) is 28.2 Å². The van der Waals surface area contributed by atoms with Gasteiger partial charge in [0.1, 0.15) is 0 Å². The lowest BCUT2D eigenvalue weighted by molar-refractivity contribution is 0.880. The smallest absolute Gasteiger partial charge is 0.0651 e. The van der Waals surface area contributed by atoms with Gasteiger partial charge in [0.05, 0.1) is 17.4 Å². The molecule has 0 saturated heterocycles. The number of nitrogens with zero attached hydrogens (tertiary/aromatic N) is 3. The fraction of sp³-hybridized carbons (Fsp3) is 0.100. The maximum absolute atomic E-state index is 4.31. The third kappa shape index (κ3) is 2.74. The lowest BCUT2D eigenvalue weighted by Gasteiger charge is -2.09. The van der Waals surface area contributed by atoms with Crippen LogP contribution in [-0.4, -0.2) is 20.0 Å². The molecule has 0 aliphatic rings. The molecule has 2 aromatic heterocycles. The van der Waals surface area contributed by atoms with Gasteiger partial charge in [-0.25, -0.2) is 4.68 Å². The number of hydrogen-bond donors (Lipinski definition) is 1. The van der Waals surface area contributed by atoms with Crippen LogP contribution < -0.4 is 0 Å². The van der Waals surface area contributed by atoms with Crippen molar-refractivity contribution in [2.45, 2.75) is 13.3 Å². The SMILES string of the molecule is CC/C(=C\c1ccc2[nH]ncc2c1)c1cccc(-n2cccn2)c1. The zero-order valence-corrected chi connectivity index (χ0v) is 13.5. The molecule has 4 heteroatoms. The highest BCUT2D eigenvalue weighted by Gasteiger charge is 2.04. The first kappa shape index (κ1) is 14.5. The molecule has 4 aromatic rings. The molecule has 4 nitrogen and oxygen atoms in total. The Morgan fingerprint density at radius 3 is 2.96 bits per heavy atom. The molecule has 0 unspecified atom stereocenters. The van der Waals surface area contributed by atoms with Gasteiger partial charge < -0.3 is 0 Å². The molecule has 0 saturated carbocycles. The van der Waals surface area contributed by atoms with Crippen LogP contribution in [0.2, 0.25) is 0 Å². The molecular formula is C20H18N4. The van der Waals surface area contributed by atoms with Crippen LogP contribution in [0.5, 0.6) is 0 Å². The molecule has 2 heterocycles. The minimum absolute atomic E-state index is 0.964. The van der Waals surface area contributed by atoms with Crippen LogP contribution in [0.1, 0.15) is 24.5 Å². The maximum atomic E-state index is 4.31. The van der Waals surface area contributed by atoms with E-state index >= 15 is 0 Å². The van der Waals surface area contributed by atoms with E-state index in [1.54, 1.807) is 6.20 Å². The average Bonchev–Trinajstić information content (AvgIpc) is 3.30. The Bertz CT molecular complexity index is 993. The molecule has 0 atom stereocenters. The maximum Gasteiger partial charge on any atom is 0.0651 e. The van der Waals surface area contributed by atoms with Gasteiger partial charge in [-0.2, -0.15) is 10.2 Å². The van der Waals surface area contributed by atoms with Gasteiger partial charge in [-0.1, -0.05) is 31.2 Å². The number of rotatable bonds is 4. The number of H-pyrrole nitrogens is 1. The molecule has 0 amide bonds. The molecule has 0 bridgehead atoms. The predicted octanol–water partition coefficient (Wildman–Crippen LogP) is 4.70. The molecule has 0 fully saturated rings. The summed E-state index contributed by atoms with van der Waals surface area (Å²) in [6.07, 6.45) is 8.82. The van der Waals surface area contributed by atoms with Gasteiger partial charge in [0.2, 0.25) is 0 Å². The van der Waals surface area contributed by atoms with E-state index in [9.17, 15) is 0 Å². The number of benzene rings is 2. The fourth-order valence-corrected chi connectivity index (χ4v) is 2.91. The minimum Gasteiger partial charge on any atom is -0.278 e. The molecule has 2 aromatic carbocycles. The molecule has 0 radical (unpaired) electrons. The van der Waals surface area contributed by atoms with E-state index in [0.29, 0.717) is 0 Å². The quantitative estimate of drug-likeness (QED) is 0.555. The average molecular weight is 314 g/mol. The van der Waals surface area contributed by atoms with Crippen molar-refractivity contribution >= 4 is 22.6 Å². The van der Waals surface area contributed by atoms with Crippen LogP contribution in [0.3, 0.4) is 0 Å². The van der Waals surface area contributed by atoms with Crippen LogP contribution in [-0.2, 0) is 0 Å². The summed E-state index contributed by atoms with van der Waals surface area (Å²) < 4.78 is 1.88. The summed E-state index contributed by atoms with van der Waals surface area (Å²) in [5.74, 6) is 0. The van der Waals surface area contributed by atoms with Crippen molar-refractivity contribution in [3.63, 3.8) is 0 Å². The molecule has 0 spiro atoms. The Hall–Kier alpha value is -3.14. The Morgan fingerprint density at radius 2 is 2.12 bits per heavy atom. The Labute approximate surface area is 140 Å². The second kappa shape index (κ2) is 6.16. The van der Waals surface area contributed by atoms with E-state index in [1.165, 1.54) is 16.7 Å². The molecule has 118 valence electrons. The molecule has 4 rings (SSSR count). The lowest BCUT2D eigenvalue weighted by Crippen LogP contribution is -1.95. The number of aromatic nitrogens is 4. The summed E-state index contributed by atoms with van der Waals surface area (Å²) in [6, 6.07) is 16.8. The molecule has 0 aliphatic carbocycles. The number of fused-ring (bicyclic) bond motifs is 1. The third-order valence-corrected chi connectivity index (χ3v) is 4.17. The Kier molecular flexibility index (Phi) is 3.71. The first-order valence-electron chi connectivity index (χ1n) is 8.07.